The van der Waals surface area contributed by atoms with Crippen molar-refractivity contribution in [2.45, 2.75) is 51.9 Å². The Balaban J connectivity index is 2.90. The number of hydrogen-bond donors (Lipinski definition) is 2. The summed E-state index contributed by atoms with van der Waals surface area (Å²) in [5.41, 5.74) is 15.0. The van der Waals surface area contributed by atoms with Crippen LogP contribution in [-0.4, -0.2) is 0 Å². The summed E-state index contributed by atoms with van der Waals surface area (Å²) in [4.78, 5) is 0. The van der Waals surface area contributed by atoms with Gasteiger partial charge >= 0.3 is 0 Å². The van der Waals surface area contributed by atoms with Crippen LogP contribution in [0.15, 0.2) is 18.2 Å². The lowest BCUT2D eigenvalue weighted by atomic mass is 9.87. The molecule has 0 spiro atoms. The molecule has 0 fully saturated rings. The van der Waals surface area contributed by atoms with E-state index in [1.807, 2.05) is 18.2 Å². The molecule has 0 aliphatic carbocycles. The zero-order chi connectivity index (χ0) is 12.0. The molecule has 1 aromatic carbocycles. The summed E-state index contributed by atoms with van der Waals surface area (Å²) >= 11 is 0. The highest BCUT2D eigenvalue weighted by atomic mass is 14.6. The number of nitrogen functional groups attached to an aromatic ring is 2. The molecule has 1 rings (SSSR count). The first-order chi connectivity index (χ1) is 7.70. The molecule has 0 aromatic heterocycles. The second-order valence-corrected chi connectivity index (χ2v) is 4.48. The number of hydrogen-bond acceptors (Lipinski definition) is 2. The Bertz CT molecular complexity index is 300. The molecule has 0 aliphatic rings. The van der Waals surface area contributed by atoms with Crippen molar-refractivity contribution in [2.75, 3.05) is 11.5 Å². The molecule has 2 heteroatoms. The Morgan fingerprint density at radius 1 is 1.00 bits per heavy atom. The van der Waals surface area contributed by atoms with Crippen molar-refractivity contribution in [3.8, 4) is 0 Å². The minimum Gasteiger partial charge on any atom is -0.398 e. The third-order valence-corrected chi connectivity index (χ3v) is 3.13. The Morgan fingerprint density at radius 2 is 1.62 bits per heavy atom. The molecule has 0 bridgehead atoms. The summed E-state index contributed by atoms with van der Waals surface area (Å²) < 4.78 is 0. The maximum atomic E-state index is 6.04. The van der Waals surface area contributed by atoms with Crippen molar-refractivity contribution < 1.29 is 0 Å². The predicted molar refractivity (Wildman–Crippen MR) is 72.4 cm³/mol. The molecule has 1 aromatic rings. The summed E-state index contributed by atoms with van der Waals surface area (Å²) in [6.07, 6.45) is 6.04. The van der Waals surface area contributed by atoms with E-state index >= 15 is 0 Å². The maximum absolute atomic E-state index is 6.04. The molecule has 0 heterocycles. The van der Waals surface area contributed by atoms with Gasteiger partial charge in [0.2, 0.25) is 0 Å². The van der Waals surface area contributed by atoms with Crippen LogP contribution in [0, 0.1) is 0 Å². The molecule has 4 N–H and O–H groups in total. The number of nitrogens with two attached hydrogens (primary N) is 2. The highest BCUT2D eigenvalue weighted by molar-refractivity contribution is 5.62. The Hall–Kier alpha value is -1.18. The van der Waals surface area contributed by atoms with Crippen molar-refractivity contribution in [3.05, 3.63) is 23.8 Å². The van der Waals surface area contributed by atoms with Gasteiger partial charge in [0.05, 0.1) is 0 Å². The second-order valence-electron chi connectivity index (χ2n) is 4.48. The first-order valence-corrected chi connectivity index (χ1v) is 6.34. The number of anilines is 2. The molecule has 2 nitrogen and oxygen atoms in total. The van der Waals surface area contributed by atoms with E-state index < -0.39 is 0 Å². The first kappa shape index (κ1) is 12.9. The number of unbranched alkanes of at least 4 members (excludes halogenated alkanes) is 1. The molecule has 90 valence electrons. The van der Waals surface area contributed by atoms with Gasteiger partial charge in [-0.05, 0) is 30.9 Å². The van der Waals surface area contributed by atoms with Crippen LogP contribution in [0.5, 0.6) is 0 Å². The fourth-order valence-electron chi connectivity index (χ4n) is 2.31. The van der Waals surface area contributed by atoms with Crippen LogP contribution in [0.4, 0.5) is 11.4 Å². The van der Waals surface area contributed by atoms with E-state index in [2.05, 4.69) is 13.8 Å². The van der Waals surface area contributed by atoms with Crippen LogP contribution in [0.1, 0.15) is 57.4 Å². The van der Waals surface area contributed by atoms with E-state index in [9.17, 15) is 0 Å². The molecular formula is C14H24N2. The van der Waals surface area contributed by atoms with Gasteiger partial charge in [-0.2, -0.15) is 0 Å². The van der Waals surface area contributed by atoms with Gasteiger partial charge in [-0.3, -0.25) is 0 Å². The van der Waals surface area contributed by atoms with Crippen LogP contribution < -0.4 is 11.5 Å². The Morgan fingerprint density at radius 3 is 2.12 bits per heavy atom. The van der Waals surface area contributed by atoms with Crippen molar-refractivity contribution in [2.24, 2.45) is 0 Å². The van der Waals surface area contributed by atoms with Gasteiger partial charge in [0, 0.05) is 16.9 Å². The molecule has 0 saturated carbocycles. The van der Waals surface area contributed by atoms with Crippen LogP contribution >= 0.6 is 0 Å². The molecule has 1 unspecified atom stereocenters. The van der Waals surface area contributed by atoms with Gasteiger partial charge in [-0.25, -0.2) is 0 Å². The average Bonchev–Trinajstić information content (AvgIpc) is 2.25. The van der Waals surface area contributed by atoms with Crippen LogP contribution in [-0.2, 0) is 0 Å². The smallest absolute Gasteiger partial charge is 0.0370 e. The fraction of sp³-hybridized carbons (Fsp3) is 0.571. The Labute approximate surface area is 99.0 Å². The lowest BCUT2D eigenvalue weighted by molar-refractivity contribution is 0.543. The monoisotopic (exact) mass is 220 g/mol. The second kappa shape index (κ2) is 6.41. The standard InChI is InChI=1S/C14H24N2/c1-3-5-8-11(7-4-2)14-12(15)9-6-10-13(14)16/h6,9-11H,3-5,7-8,15-16H2,1-2H3. The van der Waals surface area contributed by atoms with E-state index in [1.54, 1.807) is 0 Å². The summed E-state index contributed by atoms with van der Waals surface area (Å²) in [5.74, 6) is 0.533. The SMILES string of the molecule is CCCCC(CCC)c1c(N)cccc1N. The van der Waals surface area contributed by atoms with Gasteiger partial charge in [0.15, 0.2) is 0 Å². The quantitative estimate of drug-likeness (QED) is 0.714. The number of rotatable bonds is 6. The topological polar surface area (TPSA) is 52.0 Å². The minimum absolute atomic E-state index is 0.533. The molecule has 0 aliphatic heterocycles. The number of benzene rings is 1. The summed E-state index contributed by atoms with van der Waals surface area (Å²) in [6, 6.07) is 5.84. The predicted octanol–water partition coefficient (Wildman–Crippen LogP) is 3.92. The van der Waals surface area contributed by atoms with Crippen LogP contribution in [0.2, 0.25) is 0 Å². The first-order valence-electron chi connectivity index (χ1n) is 6.34. The summed E-state index contributed by atoms with van der Waals surface area (Å²) in [7, 11) is 0. The van der Waals surface area contributed by atoms with Crippen LogP contribution in [0.25, 0.3) is 0 Å². The van der Waals surface area contributed by atoms with Gasteiger partial charge < -0.3 is 11.5 Å². The van der Waals surface area contributed by atoms with E-state index in [0.29, 0.717) is 5.92 Å². The highest BCUT2D eigenvalue weighted by Crippen LogP contribution is 2.34. The van der Waals surface area contributed by atoms with Gasteiger partial charge in [-0.1, -0.05) is 39.2 Å². The third-order valence-electron chi connectivity index (χ3n) is 3.13. The normalized spacial score (nSPS) is 12.6. The lowest BCUT2D eigenvalue weighted by Crippen LogP contribution is -2.07. The van der Waals surface area contributed by atoms with E-state index in [-0.39, 0.29) is 0 Å². The Kier molecular flexibility index (Phi) is 5.17. The maximum Gasteiger partial charge on any atom is 0.0370 e. The van der Waals surface area contributed by atoms with E-state index in [1.165, 1.54) is 37.7 Å². The van der Waals surface area contributed by atoms with Gasteiger partial charge in [-0.15, -0.1) is 0 Å². The van der Waals surface area contributed by atoms with E-state index in [0.717, 1.165) is 11.4 Å². The van der Waals surface area contributed by atoms with E-state index in [4.69, 9.17) is 11.5 Å². The zero-order valence-electron chi connectivity index (χ0n) is 10.5. The van der Waals surface area contributed by atoms with Crippen molar-refractivity contribution in [1.82, 2.24) is 0 Å². The fourth-order valence-corrected chi connectivity index (χ4v) is 2.31. The van der Waals surface area contributed by atoms with Crippen molar-refractivity contribution in [3.63, 3.8) is 0 Å². The largest absolute Gasteiger partial charge is 0.398 e. The molecule has 0 saturated heterocycles. The minimum atomic E-state index is 0.533. The molecule has 0 amide bonds. The van der Waals surface area contributed by atoms with Crippen LogP contribution in [0.3, 0.4) is 0 Å². The summed E-state index contributed by atoms with van der Waals surface area (Å²) in [5, 5.41) is 0. The average molecular weight is 220 g/mol. The van der Waals surface area contributed by atoms with Crippen molar-refractivity contribution in [1.29, 1.82) is 0 Å². The molecular weight excluding hydrogens is 196 g/mol. The third kappa shape index (κ3) is 3.16. The van der Waals surface area contributed by atoms with Gasteiger partial charge in [0.1, 0.15) is 0 Å². The molecule has 0 radical (unpaired) electrons. The lowest BCUT2D eigenvalue weighted by Gasteiger charge is -2.20. The molecule has 1 atom stereocenters. The molecule has 16 heavy (non-hydrogen) atoms. The summed E-state index contributed by atoms with van der Waals surface area (Å²) in [6.45, 7) is 4.44. The van der Waals surface area contributed by atoms with Crippen molar-refractivity contribution >= 4 is 11.4 Å². The zero-order valence-corrected chi connectivity index (χ0v) is 10.5. The van der Waals surface area contributed by atoms with Gasteiger partial charge in [0.25, 0.3) is 0 Å². The highest BCUT2D eigenvalue weighted by Gasteiger charge is 2.15.